The Bertz CT molecular complexity index is 1230. The van der Waals surface area contributed by atoms with Gasteiger partial charge in [0.15, 0.2) is 0 Å². The van der Waals surface area contributed by atoms with Crippen molar-refractivity contribution in [2.45, 2.75) is 90.0 Å². The number of piperidine rings is 1. The Balaban J connectivity index is 1.55. The van der Waals surface area contributed by atoms with E-state index in [1.807, 2.05) is 51.7 Å². The van der Waals surface area contributed by atoms with Crippen molar-refractivity contribution in [3.8, 4) is 5.75 Å². The lowest BCUT2D eigenvalue weighted by atomic mass is 9.57. The zero-order chi connectivity index (χ0) is 27.4. The molecule has 7 heteroatoms. The molecule has 0 spiro atoms. The van der Waals surface area contributed by atoms with E-state index < -0.39 is 5.60 Å². The van der Waals surface area contributed by atoms with E-state index in [4.69, 9.17) is 9.47 Å². The molecule has 0 aromatic heterocycles. The van der Waals surface area contributed by atoms with Gasteiger partial charge in [0.05, 0.1) is 17.2 Å². The van der Waals surface area contributed by atoms with Crippen LogP contribution in [0.25, 0.3) is 0 Å². The number of amides is 3. The van der Waals surface area contributed by atoms with Gasteiger partial charge in [0.1, 0.15) is 11.4 Å². The van der Waals surface area contributed by atoms with E-state index >= 15 is 0 Å². The predicted molar refractivity (Wildman–Crippen MR) is 144 cm³/mol. The topological polar surface area (TPSA) is 76.2 Å². The predicted octanol–water partition coefficient (Wildman–Crippen LogP) is 5.82. The number of nitrogens with zero attached hydrogens (tertiary/aromatic N) is 2. The average molecular weight is 519 g/mol. The highest BCUT2D eigenvalue weighted by atomic mass is 16.6. The summed E-state index contributed by atoms with van der Waals surface area (Å²) in [6.45, 7) is 12.3. The third-order valence-corrected chi connectivity index (χ3v) is 8.20. The maximum atomic E-state index is 13.5. The van der Waals surface area contributed by atoms with E-state index in [0.717, 1.165) is 17.7 Å². The number of likely N-dealkylation sites (tertiary alicyclic amines) is 1. The standard InChI is InChI=1S/C31H38N2O5/c1-19(2)37-24-11-9-10-21(14-24)31-16-22(32(18-20(31)3)29(36)38-30(4,5)6)15-23(17-31)33-27(34)25-12-7-8-13-26(25)28(33)35/h7-14,19-20,22-23H,15-18H2,1-6H3/t20-,22+,23+,31-/m0/s1. The van der Waals surface area contributed by atoms with Crippen molar-refractivity contribution in [2.75, 3.05) is 6.54 Å². The van der Waals surface area contributed by atoms with Gasteiger partial charge in [0, 0.05) is 24.0 Å². The maximum absolute atomic E-state index is 13.5. The molecule has 1 saturated carbocycles. The molecule has 2 bridgehead atoms. The Morgan fingerprint density at radius 2 is 1.61 bits per heavy atom. The number of hydrogen-bond donors (Lipinski definition) is 0. The number of rotatable bonds is 4. The van der Waals surface area contributed by atoms with Gasteiger partial charge in [-0.25, -0.2) is 4.79 Å². The fourth-order valence-electron chi connectivity index (χ4n) is 6.62. The first-order valence-electron chi connectivity index (χ1n) is 13.6. The number of benzene rings is 2. The van der Waals surface area contributed by atoms with E-state index in [-0.39, 0.29) is 47.4 Å². The van der Waals surface area contributed by atoms with Crippen LogP contribution in [0.15, 0.2) is 48.5 Å². The van der Waals surface area contributed by atoms with Gasteiger partial charge in [-0.15, -0.1) is 0 Å². The van der Waals surface area contributed by atoms with Crippen LogP contribution in [-0.4, -0.2) is 58.0 Å². The molecular formula is C31H38N2O5. The van der Waals surface area contributed by atoms with Gasteiger partial charge in [-0.3, -0.25) is 14.5 Å². The van der Waals surface area contributed by atoms with Gasteiger partial charge in [0.25, 0.3) is 11.8 Å². The molecule has 0 unspecified atom stereocenters. The highest BCUT2D eigenvalue weighted by Crippen LogP contribution is 2.52. The van der Waals surface area contributed by atoms with Crippen LogP contribution in [-0.2, 0) is 10.2 Å². The van der Waals surface area contributed by atoms with E-state index in [9.17, 15) is 14.4 Å². The molecule has 3 aliphatic rings. The summed E-state index contributed by atoms with van der Waals surface area (Å²) in [4.78, 5) is 43.6. The Kier molecular flexibility index (Phi) is 6.52. The number of carbonyl (C=O) groups excluding carboxylic acids is 3. The number of imide groups is 1. The summed E-state index contributed by atoms with van der Waals surface area (Å²) in [5.74, 6) is 0.366. The normalized spacial score (nSPS) is 27.0. The number of fused-ring (bicyclic) bond motifs is 3. The molecular weight excluding hydrogens is 480 g/mol. The van der Waals surface area contributed by atoms with Gasteiger partial charge < -0.3 is 14.4 Å². The minimum Gasteiger partial charge on any atom is -0.491 e. The van der Waals surface area contributed by atoms with Crippen molar-refractivity contribution in [3.63, 3.8) is 0 Å². The Morgan fingerprint density at radius 3 is 2.21 bits per heavy atom. The lowest BCUT2D eigenvalue weighted by molar-refractivity contribution is -0.0389. The second-order valence-electron chi connectivity index (χ2n) is 12.4. The van der Waals surface area contributed by atoms with Gasteiger partial charge >= 0.3 is 6.09 Å². The number of hydrogen-bond acceptors (Lipinski definition) is 5. The van der Waals surface area contributed by atoms with E-state index in [1.54, 1.807) is 24.3 Å². The fourth-order valence-corrected chi connectivity index (χ4v) is 6.62. The SMILES string of the molecule is CC(C)Oc1cccc([C@@]23C[C@@H](C[C@@H](N4C(=O)c5ccccc5C4=O)C2)N(C(=O)OC(C)(C)C)C[C@@H]3C)c1. The summed E-state index contributed by atoms with van der Waals surface area (Å²) >= 11 is 0. The van der Waals surface area contributed by atoms with Crippen LogP contribution in [0.3, 0.4) is 0 Å². The lowest BCUT2D eigenvalue weighted by Gasteiger charge is -2.57. The number of ether oxygens (including phenoxy) is 2. The summed E-state index contributed by atoms with van der Waals surface area (Å²) < 4.78 is 11.8. The largest absolute Gasteiger partial charge is 0.491 e. The third kappa shape index (κ3) is 4.56. The van der Waals surface area contributed by atoms with Crippen molar-refractivity contribution in [1.82, 2.24) is 9.80 Å². The van der Waals surface area contributed by atoms with E-state index in [2.05, 4.69) is 19.1 Å². The van der Waals surface area contributed by atoms with Crippen LogP contribution >= 0.6 is 0 Å². The molecule has 2 fully saturated rings. The molecule has 5 rings (SSSR count). The summed E-state index contributed by atoms with van der Waals surface area (Å²) in [5, 5.41) is 0. The lowest BCUT2D eigenvalue weighted by Crippen LogP contribution is -2.63. The second kappa shape index (κ2) is 9.44. The van der Waals surface area contributed by atoms with Crippen molar-refractivity contribution in [2.24, 2.45) is 5.92 Å². The molecule has 2 aliphatic heterocycles. The summed E-state index contributed by atoms with van der Waals surface area (Å²) in [6, 6.07) is 14.7. The van der Waals surface area contributed by atoms with Crippen molar-refractivity contribution < 1.29 is 23.9 Å². The van der Waals surface area contributed by atoms with Crippen molar-refractivity contribution in [3.05, 3.63) is 65.2 Å². The van der Waals surface area contributed by atoms with E-state index in [1.165, 1.54) is 4.90 Å². The minimum absolute atomic E-state index is 0.0411. The first-order chi connectivity index (χ1) is 17.9. The maximum Gasteiger partial charge on any atom is 0.410 e. The second-order valence-corrected chi connectivity index (χ2v) is 12.4. The monoisotopic (exact) mass is 518 g/mol. The molecule has 38 heavy (non-hydrogen) atoms. The average Bonchev–Trinajstić information content (AvgIpc) is 3.10. The zero-order valence-corrected chi connectivity index (χ0v) is 23.2. The first kappa shape index (κ1) is 26.3. The number of carbonyl (C=O) groups is 3. The van der Waals surface area contributed by atoms with E-state index in [0.29, 0.717) is 30.5 Å². The quantitative estimate of drug-likeness (QED) is 0.477. The molecule has 7 nitrogen and oxygen atoms in total. The van der Waals surface area contributed by atoms with Gasteiger partial charge in [-0.1, -0.05) is 31.2 Å². The Morgan fingerprint density at radius 1 is 0.974 bits per heavy atom. The first-order valence-corrected chi connectivity index (χ1v) is 13.6. The van der Waals surface area contributed by atoms with Crippen LogP contribution in [0.5, 0.6) is 5.75 Å². The molecule has 2 aromatic rings. The molecule has 202 valence electrons. The van der Waals surface area contributed by atoms with Crippen LogP contribution in [0.1, 0.15) is 87.1 Å². The molecule has 2 aromatic carbocycles. The smallest absolute Gasteiger partial charge is 0.410 e. The van der Waals surface area contributed by atoms with Crippen LogP contribution in [0, 0.1) is 5.92 Å². The summed E-state index contributed by atoms with van der Waals surface area (Å²) in [6.07, 6.45) is 1.60. The van der Waals surface area contributed by atoms with Gasteiger partial charge in [-0.05, 0) is 89.6 Å². The van der Waals surface area contributed by atoms with Crippen LogP contribution < -0.4 is 4.74 Å². The Hall–Kier alpha value is -3.35. The molecule has 2 heterocycles. The molecule has 1 aliphatic carbocycles. The molecule has 0 N–H and O–H groups in total. The molecule has 3 amide bonds. The van der Waals surface area contributed by atoms with Gasteiger partial charge in [-0.2, -0.15) is 0 Å². The van der Waals surface area contributed by atoms with Crippen LogP contribution in [0.4, 0.5) is 4.79 Å². The Labute approximate surface area is 225 Å². The highest BCUT2D eigenvalue weighted by Gasteiger charge is 2.55. The highest BCUT2D eigenvalue weighted by molar-refractivity contribution is 6.21. The summed E-state index contributed by atoms with van der Waals surface area (Å²) in [5.41, 5.74) is 1.07. The molecule has 4 atom stereocenters. The molecule has 1 saturated heterocycles. The molecule has 0 radical (unpaired) electrons. The van der Waals surface area contributed by atoms with Gasteiger partial charge in [0.2, 0.25) is 0 Å². The van der Waals surface area contributed by atoms with Crippen molar-refractivity contribution in [1.29, 1.82) is 0 Å². The minimum atomic E-state index is -0.617. The zero-order valence-electron chi connectivity index (χ0n) is 23.2. The summed E-state index contributed by atoms with van der Waals surface area (Å²) in [7, 11) is 0. The fraction of sp³-hybridized carbons (Fsp3) is 0.516. The third-order valence-electron chi connectivity index (χ3n) is 8.20. The van der Waals surface area contributed by atoms with Crippen molar-refractivity contribution >= 4 is 17.9 Å². The van der Waals surface area contributed by atoms with Crippen LogP contribution in [0.2, 0.25) is 0 Å².